The van der Waals surface area contributed by atoms with Crippen LogP contribution in [-0.2, 0) is 19.4 Å². The first kappa shape index (κ1) is 21.5. The first-order chi connectivity index (χ1) is 14.0. The first-order valence-corrected chi connectivity index (χ1v) is 11.1. The fourth-order valence-corrected chi connectivity index (χ4v) is 3.94. The molecule has 158 valence electrons. The number of sulfone groups is 1. The highest BCUT2D eigenvalue weighted by Gasteiger charge is 2.44. The lowest BCUT2D eigenvalue weighted by molar-refractivity contribution is -0.122. The van der Waals surface area contributed by atoms with Crippen LogP contribution in [0.1, 0.15) is 19.4 Å². The normalized spacial score (nSPS) is 19.1. The van der Waals surface area contributed by atoms with Gasteiger partial charge in [0, 0.05) is 19.0 Å². The van der Waals surface area contributed by atoms with Crippen LogP contribution in [0, 0.1) is 0 Å². The molecule has 2 amide bonds. The molecule has 8 nitrogen and oxygen atoms in total. The SMILES string of the molecule is CC1=C(c2ccc(S(C)(=O)=O)cc2)N(c2ccc(N(C)C=O)cc2)NC1(C)C(N)=O. The topological polar surface area (TPSA) is 113 Å². The summed E-state index contributed by atoms with van der Waals surface area (Å²) in [6, 6.07) is 13.7. The molecule has 1 unspecified atom stereocenters. The molecule has 0 radical (unpaired) electrons. The number of nitrogens with two attached hydrogens (primary N) is 1. The second-order valence-corrected chi connectivity index (χ2v) is 9.46. The van der Waals surface area contributed by atoms with E-state index in [4.69, 9.17) is 5.73 Å². The van der Waals surface area contributed by atoms with E-state index >= 15 is 0 Å². The molecule has 0 bridgehead atoms. The summed E-state index contributed by atoms with van der Waals surface area (Å²) in [6.45, 7) is 3.51. The number of carbonyl (C=O) groups is 2. The third kappa shape index (κ3) is 3.69. The van der Waals surface area contributed by atoms with Gasteiger partial charge in [-0.05, 0) is 61.4 Å². The van der Waals surface area contributed by atoms with Crippen molar-refractivity contribution in [1.29, 1.82) is 0 Å². The van der Waals surface area contributed by atoms with Crippen LogP contribution in [-0.4, -0.2) is 39.6 Å². The van der Waals surface area contributed by atoms with Gasteiger partial charge in [0.1, 0.15) is 5.54 Å². The smallest absolute Gasteiger partial charge is 0.243 e. The minimum Gasteiger partial charge on any atom is -0.368 e. The minimum atomic E-state index is -3.33. The van der Waals surface area contributed by atoms with Crippen molar-refractivity contribution in [3.63, 3.8) is 0 Å². The van der Waals surface area contributed by atoms with Crippen molar-refractivity contribution in [2.45, 2.75) is 24.3 Å². The number of anilines is 2. The van der Waals surface area contributed by atoms with Gasteiger partial charge in [0.05, 0.1) is 16.3 Å². The predicted molar refractivity (Wildman–Crippen MR) is 116 cm³/mol. The fraction of sp³-hybridized carbons (Fsp3) is 0.238. The Bertz CT molecular complexity index is 1120. The van der Waals surface area contributed by atoms with Crippen molar-refractivity contribution < 1.29 is 18.0 Å². The van der Waals surface area contributed by atoms with Gasteiger partial charge in [0.2, 0.25) is 12.3 Å². The Kier molecular flexibility index (Phi) is 5.44. The van der Waals surface area contributed by atoms with E-state index in [0.29, 0.717) is 23.4 Å². The Labute approximate surface area is 175 Å². The number of benzene rings is 2. The average Bonchev–Trinajstić information content (AvgIpc) is 2.99. The standard InChI is InChI=1S/C21H24N4O4S/c1-14-19(15-5-11-18(12-6-15)30(4,28)29)25(23-21(14,2)20(22)27)17-9-7-16(8-10-17)24(3)13-26/h5-13,23H,1-4H3,(H2,22,27). The molecular weight excluding hydrogens is 404 g/mol. The second kappa shape index (κ2) is 7.58. The Hall–Kier alpha value is -3.17. The highest BCUT2D eigenvalue weighted by molar-refractivity contribution is 7.90. The molecule has 0 aromatic heterocycles. The average molecular weight is 429 g/mol. The molecule has 0 spiro atoms. The molecule has 2 aromatic carbocycles. The molecule has 1 atom stereocenters. The number of primary amides is 1. The molecular formula is C21H24N4O4S. The van der Waals surface area contributed by atoms with Crippen LogP contribution in [0.2, 0.25) is 0 Å². The van der Waals surface area contributed by atoms with Crippen molar-refractivity contribution in [3.8, 4) is 0 Å². The van der Waals surface area contributed by atoms with Crippen molar-refractivity contribution in [1.82, 2.24) is 5.43 Å². The maximum Gasteiger partial charge on any atom is 0.243 e. The van der Waals surface area contributed by atoms with Crippen LogP contribution < -0.4 is 21.1 Å². The lowest BCUT2D eigenvalue weighted by Crippen LogP contribution is -2.54. The Morgan fingerprint density at radius 3 is 2.17 bits per heavy atom. The number of nitrogens with zero attached hydrogens (tertiary/aromatic N) is 2. The third-order valence-electron chi connectivity index (χ3n) is 5.39. The number of hydrazine groups is 1. The summed E-state index contributed by atoms with van der Waals surface area (Å²) in [6.07, 6.45) is 1.87. The number of rotatable bonds is 6. The van der Waals surface area contributed by atoms with Crippen LogP contribution in [0.25, 0.3) is 5.70 Å². The summed E-state index contributed by atoms with van der Waals surface area (Å²) in [7, 11) is -1.67. The summed E-state index contributed by atoms with van der Waals surface area (Å²) >= 11 is 0. The second-order valence-electron chi connectivity index (χ2n) is 7.44. The fourth-order valence-electron chi connectivity index (χ4n) is 3.30. The van der Waals surface area contributed by atoms with Gasteiger partial charge in [-0.15, -0.1) is 0 Å². The molecule has 1 aliphatic heterocycles. The molecule has 1 heterocycles. The van der Waals surface area contributed by atoms with Gasteiger partial charge < -0.3 is 10.6 Å². The molecule has 30 heavy (non-hydrogen) atoms. The Balaban J connectivity index is 2.10. The number of nitrogens with one attached hydrogen (secondary N) is 1. The van der Waals surface area contributed by atoms with Gasteiger partial charge in [0.25, 0.3) is 0 Å². The zero-order valence-electron chi connectivity index (χ0n) is 17.2. The van der Waals surface area contributed by atoms with E-state index in [9.17, 15) is 18.0 Å². The van der Waals surface area contributed by atoms with E-state index in [2.05, 4.69) is 5.43 Å². The number of hydrogen-bond acceptors (Lipinski definition) is 6. The van der Waals surface area contributed by atoms with Crippen molar-refractivity contribution in [2.24, 2.45) is 5.73 Å². The molecule has 0 saturated carbocycles. The van der Waals surface area contributed by atoms with Crippen molar-refractivity contribution in [2.75, 3.05) is 23.2 Å². The first-order valence-electron chi connectivity index (χ1n) is 9.17. The predicted octanol–water partition coefficient (Wildman–Crippen LogP) is 1.68. The maximum absolute atomic E-state index is 12.2. The van der Waals surface area contributed by atoms with Gasteiger partial charge in [-0.25, -0.2) is 13.8 Å². The molecule has 2 aromatic rings. The molecule has 9 heteroatoms. The van der Waals surface area contributed by atoms with Crippen LogP contribution in [0.4, 0.5) is 11.4 Å². The van der Waals surface area contributed by atoms with E-state index in [1.54, 1.807) is 43.2 Å². The van der Waals surface area contributed by atoms with Gasteiger partial charge in [-0.2, -0.15) is 0 Å². The number of carbonyl (C=O) groups excluding carboxylic acids is 2. The van der Waals surface area contributed by atoms with Gasteiger partial charge in [-0.3, -0.25) is 14.6 Å². The highest BCUT2D eigenvalue weighted by Crippen LogP contribution is 2.39. The van der Waals surface area contributed by atoms with Crippen molar-refractivity contribution in [3.05, 3.63) is 59.7 Å². The number of amides is 2. The summed E-state index contributed by atoms with van der Waals surface area (Å²) in [5, 5.41) is 1.75. The maximum atomic E-state index is 12.2. The number of hydrogen-bond donors (Lipinski definition) is 2. The van der Waals surface area contributed by atoms with E-state index in [1.165, 1.54) is 17.0 Å². The minimum absolute atomic E-state index is 0.209. The quantitative estimate of drug-likeness (QED) is 0.677. The van der Waals surface area contributed by atoms with Crippen LogP contribution >= 0.6 is 0 Å². The van der Waals surface area contributed by atoms with Gasteiger partial charge >= 0.3 is 0 Å². The molecule has 0 fully saturated rings. The third-order valence-corrected chi connectivity index (χ3v) is 6.51. The summed E-state index contributed by atoms with van der Waals surface area (Å²) in [5.41, 5.74) is 11.3. The lowest BCUT2D eigenvalue weighted by atomic mass is 9.91. The van der Waals surface area contributed by atoms with Crippen LogP contribution in [0.3, 0.4) is 0 Å². The molecule has 3 rings (SSSR count). The molecule has 1 aliphatic rings. The van der Waals surface area contributed by atoms with E-state index in [-0.39, 0.29) is 4.90 Å². The van der Waals surface area contributed by atoms with Crippen LogP contribution in [0.5, 0.6) is 0 Å². The summed E-state index contributed by atoms with van der Waals surface area (Å²) in [4.78, 5) is 24.9. The van der Waals surface area contributed by atoms with E-state index in [1.807, 2.05) is 19.1 Å². The lowest BCUT2D eigenvalue weighted by Gasteiger charge is -2.28. The Morgan fingerprint density at radius 2 is 1.70 bits per heavy atom. The van der Waals surface area contributed by atoms with E-state index in [0.717, 1.165) is 17.5 Å². The Morgan fingerprint density at radius 1 is 1.13 bits per heavy atom. The van der Waals surface area contributed by atoms with Gasteiger partial charge in [0.15, 0.2) is 9.84 Å². The molecule has 3 N–H and O–H groups in total. The molecule has 0 saturated heterocycles. The molecule has 0 aliphatic carbocycles. The van der Waals surface area contributed by atoms with Crippen molar-refractivity contribution >= 4 is 39.2 Å². The summed E-state index contributed by atoms with van der Waals surface area (Å²) < 4.78 is 23.6. The zero-order valence-corrected chi connectivity index (χ0v) is 18.0. The summed E-state index contributed by atoms with van der Waals surface area (Å²) in [5.74, 6) is -0.537. The van der Waals surface area contributed by atoms with Gasteiger partial charge in [-0.1, -0.05) is 12.1 Å². The highest BCUT2D eigenvalue weighted by atomic mass is 32.2. The van der Waals surface area contributed by atoms with E-state index < -0.39 is 21.3 Å². The van der Waals surface area contributed by atoms with Crippen LogP contribution in [0.15, 0.2) is 59.0 Å². The monoisotopic (exact) mass is 428 g/mol. The zero-order chi connectivity index (χ0) is 22.3. The largest absolute Gasteiger partial charge is 0.368 e.